The van der Waals surface area contributed by atoms with E-state index in [2.05, 4.69) is 76.6 Å². The van der Waals surface area contributed by atoms with E-state index in [4.69, 9.17) is 9.47 Å². The molecule has 3 N–H and O–H groups in total. The first-order valence-electron chi connectivity index (χ1n) is 10.1. The van der Waals surface area contributed by atoms with Crippen LogP contribution in [0.4, 0.5) is 17.1 Å². The van der Waals surface area contributed by atoms with Crippen LogP contribution in [0.2, 0.25) is 0 Å². The van der Waals surface area contributed by atoms with Gasteiger partial charge in [0.25, 0.3) is 0 Å². The fourth-order valence-corrected chi connectivity index (χ4v) is 3.44. The molecule has 0 aliphatic heterocycles. The van der Waals surface area contributed by atoms with Gasteiger partial charge in [-0.15, -0.1) is 0 Å². The molecule has 0 aliphatic carbocycles. The number of nitrogens with one attached hydrogen (secondary N) is 3. The summed E-state index contributed by atoms with van der Waals surface area (Å²) in [5.74, 6) is -0.0260. The van der Waals surface area contributed by atoms with Crippen LogP contribution in [0, 0.1) is 0 Å². The zero-order chi connectivity index (χ0) is 22.1. The minimum absolute atomic E-state index is 0.0549. The number of carbonyl (C=O) groups is 1. The second-order valence-corrected chi connectivity index (χ2v) is 7.20. The molecule has 3 aromatic rings. The molecule has 0 unspecified atom stereocenters. The maximum absolute atomic E-state index is 11.3. The number of anilines is 3. The topological polar surface area (TPSA) is 71.6 Å². The van der Waals surface area contributed by atoms with Crippen molar-refractivity contribution in [2.45, 2.75) is 12.8 Å². The number of amides is 1. The van der Waals surface area contributed by atoms with E-state index >= 15 is 0 Å². The molecule has 0 aromatic heterocycles. The van der Waals surface area contributed by atoms with Gasteiger partial charge in [-0.25, -0.2) is 0 Å². The van der Waals surface area contributed by atoms with E-state index in [0.29, 0.717) is 13.5 Å². The summed E-state index contributed by atoms with van der Waals surface area (Å²) in [6.07, 6.45) is 0. The Kier molecular flexibility index (Phi) is 8.04. The van der Waals surface area contributed by atoms with Crippen molar-refractivity contribution < 1.29 is 14.3 Å². The summed E-state index contributed by atoms with van der Waals surface area (Å²) in [6, 6.07) is 24.7. The van der Waals surface area contributed by atoms with Gasteiger partial charge in [0.1, 0.15) is 13.5 Å². The molecule has 31 heavy (non-hydrogen) atoms. The normalized spacial score (nSPS) is 10.7. The predicted molar refractivity (Wildman–Crippen MR) is 126 cm³/mol. The molecule has 0 aliphatic rings. The molecule has 0 spiro atoms. The summed E-state index contributed by atoms with van der Waals surface area (Å²) in [5, 5.41) is 9.25. The summed E-state index contributed by atoms with van der Waals surface area (Å²) in [4.78, 5) is 11.3. The average molecular weight is 420 g/mol. The lowest BCUT2D eigenvalue weighted by Crippen LogP contribution is -2.08. The smallest absolute Gasteiger partial charge is 0.221 e. The monoisotopic (exact) mass is 419 g/mol. The standard InChI is InChI=1S/C25H29N3O3/c1-18(29)28-24-14-8-21(9-15-24)25(19-4-10-22(11-5-19)26-16-30-2)20-6-12-23(13-7-20)27-17-31-3/h4-15,25-27H,16-17H2,1-3H3,(H,28,29). The molecule has 0 saturated carbocycles. The molecular formula is C25H29N3O3. The maximum atomic E-state index is 11.3. The van der Waals surface area contributed by atoms with Gasteiger partial charge < -0.3 is 25.4 Å². The van der Waals surface area contributed by atoms with Crippen LogP contribution in [0.5, 0.6) is 0 Å². The molecule has 1 amide bonds. The van der Waals surface area contributed by atoms with E-state index < -0.39 is 0 Å². The van der Waals surface area contributed by atoms with Gasteiger partial charge in [-0.2, -0.15) is 0 Å². The summed E-state index contributed by atoms with van der Waals surface area (Å²) in [6.45, 7) is 2.43. The summed E-state index contributed by atoms with van der Waals surface area (Å²) >= 11 is 0. The van der Waals surface area contributed by atoms with E-state index in [1.54, 1.807) is 14.2 Å². The Morgan fingerprint density at radius 1 is 0.677 bits per heavy atom. The van der Waals surface area contributed by atoms with E-state index in [9.17, 15) is 4.79 Å². The van der Waals surface area contributed by atoms with Crippen molar-refractivity contribution in [1.82, 2.24) is 0 Å². The van der Waals surface area contributed by atoms with Gasteiger partial charge in [-0.05, 0) is 53.1 Å². The van der Waals surface area contributed by atoms with Crippen molar-refractivity contribution in [2.24, 2.45) is 0 Å². The molecule has 3 aromatic carbocycles. The second kappa shape index (κ2) is 11.2. The van der Waals surface area contributed by atoms with Crippen molar-refractivity contribution in [1.29, 1.82) is 0 Å². The number of rotatable bonds is 10. The molecule has 162 valence electrons. The molecule has 0 atom stereocenters. The Hall–Kier alpha value is -3.35. The number of methoxy groups -OCH3 is 2. The van der Waals surface area contributed by atoms with Crippen molar-refractivity contribution in [3.63, 3.8) is 0 Å². The van der Waals surface area contributed by atoms with Crippen LogP contribution in [0.25, 0.3) is 0 Å². The van der Waals surface area contributed by atoms with Crippen molar-refractivity contribution in [2.75, 3.05) is 43.6 Å². The molecule has 3 rings (SSSR count). The quantitative estimate of drug-likeness (QED) is 0.323. The van der Waals surface area contributed by atoms with E-state index in [0.717, 1.165) is 22.6 Å². The number of ether oxygens (including phenoxy) is 2. The van der Waals surface area contributed by atoms with Crippen LogP contribution in [-0.2, 0) is 14.3 Å². The van der Waals surface area contributed by atoms with Gasteiger partial charge in [0, 0.05) is 44.1 Å². The Balaban J connectivity index is 1.92. The largest absolute Gasteiger partial charge is 0.365 e. The van der Waals surface area contributed by atoms with E-state index in [1.165, 1.54) is 18.1 Å². The third kappa shape index (κ3) is 6.31. The van der Waals surface area contributed by atoms with E-state index in [1.807, 2.05) is 12.1 Å². The fraction of sp³-hybridized carbons (Fsp3) is 0.240. The first kappa shape index (κ1) is 22.3. The SMILES string of the molecule is COCNc1ccc(C(c2ccc(NCOC)cc2)c2ccc(NC(C)=O)cc2)cc1. The maximum Gasteiger partial charge on any atom is 0.221 e. The van der Waals surface area contributed by atoms with Crippen molar-refractivity contribution >= 4 is 23.0 Å². The minimum Gasteiger partial charge on any atom is -0.365 e. The lowest BCUT2D eigenvalue weighted by Gasteiger charge is -2.20. The molecule has 6 nitrogen and oxygen atoms in total. The summed E-state index contributed by atoms with van der Waals surface area (Å²) in [5.41, 5.74) is 6.28. The highest BCUT2D eigenvalue weighted by molar-refractivity contribution is 5.88. The highest BCUT2D eigenvalue weighted by Crippen LogP contribution is 2.34. The minimum atomic E-state index is -0.0809. The lowest BCUT2D eigenvalue weighted by atomic mass is 9.85. The fourth-order valence-electron chi connectivity index (χ4n) is 3.44. The predicted octanol–water partition coefficient (Wildman–Crippen LogP) is 4.86. The third-order valence-electron chi connectivity index (χ3n) is 4.89. The van der Waals surface area contributed by atoms with Crippen LogP contribution in [-0.4, -0.2) is 33.6 Å². The molecule has 0 fully saturated rings. The Bertz CT molecular complexity index is 903. The Labute approximate surface area is 183 Å². The second-order valence-electron chi connectivity index (χ2n) is 7.20. The van der Waals surface area contributed by atoms with Gasteiger partial charge in [-0.1, -0.05) is 36.4 Å². The van der Waals surface area contributed by atoms with Crippen LogP contribution in [0.15, 0.2) is 72.8 Å². The molecule has 0 saturated heterocycles. The van der Waals surface area contributed by atoms with Crippen LogP contribution < -0.4 is 16.0 Å². The van der Waals surface area contributed by atoms with E-state index in [-0.39, 0.29) is 11.8 Å². The number of hydrogen-bond donors (Lipinski definition) is 3. The van der Waals surface area contributed by atoms with Crippen molar-refractivity contribution in [3.05, 3.63) is 89.5 Å². The first-order valence-corrected chi connectivity index (χ1v) is 10.1. The Morgan fingerprint density at radius 2 is 1.03 bits per heavy atom. The number of carbonyl (C=O) groups excluding carboxylic acids is 1. The molecular weight excluding hydrogens is 390 g/mol. The number of hydrogen-bond acceptors (Lipinski definition) is 5. The van der Waals surface area contributed by atoms with Crippen LogP contribution >= 0.6 is 0 Å². The molecule has 6 heteroatoms. The van der Waals surface area contributed by atoms with Gasteiger partial charge in [0.05, 0.1) is 0 Å². The van der Waals surface area contributed by atoms with Gasteiger partial charge in [-0.3, -0.25) is 4.79 Å². The summed E-state index contributed by atoms with van der Waals surface area (Å²) in [7, 11) is 3.32. The lowest BCUT2D eigenvalue weighted by molar-refractivity contribution is -0.114. The van der Waals surface area contributed by atoms with Crippen LogP contribution in [0.1, 0.15) is 29.5 Å². The van der Waals surface area contributed by atoms with Crippen LogP contribution in [0.3, 0.4) is 0 Å². The number of benzene rings is 3. The molecule has 0 heterocycles. The van der Waals surface area contributed by atoms with Gasteiger partial charge >= 0.3 is 0 Å². The molecule has 0 radical (unpaired) electrons. The van der Waals surface area contributed by atoms with Gasteiger partial charge in [0.2, 0.25) is 5.91 Å². The Morgan fingerprint density at radius 3 is 1.35 bits per heavy atom. The molecule has 0 bridgehead atoms. The highest BCUT2D eigenvalue weighted by Gasteiger charge is 2.17. The van der Waals surface area contributed by atoms with Crippen molar-refractivity contribution in [3.8, 4) is 0 Å². The zero-order valence-corrected chi connectivity index (χ0v) is 18.1. The highest BCUT2D eigenvalue weighted by atomic mass is 16.5. The third-order valence-corrected chi connectivity index (χ3v) is 4.89. The first-order chi connectivity index (χ1) is 15.1. The van der Waals surface area contributed by atoms with Gasteiger partial charge in [0.15, 0.2) is 0 Å². The average Bonchev–Trinajstić information content (AvgIpc) is 2.79. The zero-order valence-electron chi connectivity index (χ0n) is 18.1. The summed E-state index contributed by atoms with van der Waals surface area (Å²) < 4.78 is 10.2.